The van der Waals surface area contributed by atoms with Crippen molar-refractivity contribution in [1.82, 2.24) is 9.97 Å². The lowest BCUT2D eigenvalue weighted by atomic mass is 10.4. The SMILES string of the molecule is CCc1csc(=S)[nH]1.Cc1[nH]c(=S)sc1C. The van der Waals surface area contributed by atoms with Crippen LogP contribution in [0.2, 0.25) is 0 Å². The number of aryl methyl sites for hydroxylation is 3. The van der Waals surface area contributed by atoms with Gasteiger partial charge in [0.1, 0.15) is 0 Å². The Labute approximate surface area is 113 Å². The van der Waals surface area contributed by atoms with Crippen LogP contribution in [-0.4, -0.2) is 9.97 Å². The Morgan fingerprint density at radius 3 is 2.06 bits per heavy atom. The highest BCUT2D eigenvalue weighted by Gasteiger charge is 1.91. The number of H-pyrrole nitrogens is 2. The molecular weight excluding hydrogens is 276 g/mol. The molecule has 0 aliphatic carbocycles. The molecule has 0 saturated heterocycles. The standard InChI is InChI=1S/2C5H7NS2/c1-3-4(2)8-5(7)6-3;1-2-4-3-8-5(7)6-4/h1-2H3,(H,6,7);3H,2H2,1H3,(H,6,7). The third-order valence-corrected chi connectivity index (χ3v) is 4.38. The van der Waals surface area contributed by atoms with Gasteiger partial charge in [-0.05, 0) is 44.7 Å². The van der Waals surface area contributed by atoms with Gasteiger partial charge in [0.15, 0.2) is 7.91 Å². The lowest BCUT2D eigenvalue weighted by Gasteiger charge is -1.80. The molecule has 6 heteroatoms. The summed E-state index contributed by atoms with van der Waals surface area (Å²) in [4.78, 5) is 7.39. The van der Waals surface area contributed by atoms with Crippen LogP contribution in [0.3, 0.4) is 0 Å². The first kappa shape index (κ1) is 13.8. The molecule has 16 heavy (non-hydrogen) atoms. The number of aromatic amines is 2. The van der Waals surface area contributed by atoms with Crippen LogP contribution in [0.5, 0.6) is 0 Å². The van der Waals surface area contributed by atoms with E-state index in [9.17, 15) is 0 Å². The fourth-order valence-corrected chi connectivity index (χ4v) is 3.12. The molecule has 0 aliphatic rings. The third kappa shape index (κ3) is 4.29. The number of aromatic nitrogens is 2. The van der Waals surface area contributed by atoms with Crippen molar-refractivity contribution in [2.24, 2.45) is 0 Å². The van der Waals surface area contributed by atoms with Crippen molar-refractivity contribution in [2.75, 3.05) is 0 Å². The highest BCUT2D eigenvalue weighted by molar-refractivity contribution is 7.73. The topological polar surface area (TPSA) is 31.6 Å². The van der Waals surface area contributed by atoms with Gasteiger partial charge in [-0.2, -0.15) is 0 Å². The average Bonchev–Trinajstić information content (AvgIpc) is 2.75. The highest BCUT2D eigenvalue weighted by atomic mass is 32.2. The first-order valence-corrected chi connectivity index (χ1v) is 7.37. The molecule has 0 amide bonds. The van der Waals surface area contributed by atoms with Crippen molar-refractivity contribution in [1.29, 1.82) is 0 Å². The second-order valence-corrected chi connectivity index (χ2v) is 6.66. The lowest BCUT2D eigenvalue weighted by Crippen LogP contribution is -1.74. The van der Waals surface area contributed by atoms with E-state index >= 15 is 0 Å². The zero-order valence-electron chi connectivity index (χ0n) is 9.42. The fourth-order valence-electron chi connectivity index (χ4n) is 0.969. The van der Waals surface area contributed by atoms with Crippen LogP contribution < -0.4 is 0 Å². The lowest BCUT2D eigenvalue weighted by molar-refractivity contribution is 1.06. The molecule has 0 unspecified atom stereocenters. The minimum atomic E-state index is 0.875. The number of hydrogen-bond acceptors (Lipinski definition) is 4. The maximum Gasteiger partial charge on any atom is 0.158 e. The number of hydrogen-bond donors (Lipinski definition) is 2. The first-order valence-electron chi connectivity index (χ1n) is 4.86. The Morgan fingerprint density at radius 1 is 1.19 bits per heavy atom. The molecule has 2 nitrogen and oxygen atoms in total. The normalized spacial score (nSPS) is 9.69. The first-order chi connectivity index (χ1) is 7.52. The molecular formula is C10H14N2S4. The minimum absolute atomic E-state index is 0.875. The molecule has 88 valence electrons. The predicted octanol–water partition coefficient (Wildman–Crippen LogP) is 4.79. The number of rotatable bonds is 1. The maximum absolute atomic E-state index is 4.88. The largest absolute Gasteiger partial charge is 0.341 e. The Kier molecular flexibility index (Phi) is 5.54. The van der Waals surface area contributed by atoms with E-state index in [0.29, 0.717) is 0 Å². The summed E-state index contributed by atoms with van der Waals surface area (Å²) in [5.41, 5.74) is 2.43. The van der Waals surface area contributed by atoms with E-state index in [1.54, 1.807) is 22.7 Å². The summed E-state index contributed by atoms with van der Waals surface area (Å²) in [5.74, 6) is 0. The Balaban J connectivity index is 0.000000160. The summed E-state index contributed by atoms with van der Waals surface area (Å²) in [5, 5.41) is 2.06. The van der Waals surface area contributed by atoms with Crippen LogP contribution in [0, 0.1) is 21.8 Å². The summed E-state index contributed by atoms with van der Waals surface area (Å²) in [7, 11) is 0. The van der Waals surface area contributed by atoms with E-state index in [2.05, 4.69) is 29.2 Å². The molecule has 2 N–H and O–H groups in total. The third-order valence-electron chi connectivity index (χ3n) is 2.02. The molecule has 0 spiro atoms. The van der Waals surface area contributed by atoms with E-state index in [0.717, 1.165) is 14.3 Å². The predicted molar refractivity (Wildman–Crippen MR) is 77.9 cm³/mol. The number of thiazole rings is 2. The van der Waals surface area contributed by atoms with Gasteiger partial charge >= 0.3 is 0 Å². The van der Waals surface area contributed by atoms with Gasteiger partial charge in [-0.3, -0.25) is 0 Å². The van der Waals surface area contributed by atoms with E-state index in [1.807, 2.05) is 6.92 Å². The summed E-state index contributed by atoms with van der Waals surface area (Å²) >= 11 is 13.0. The smallest absolute Gasteiger partial charge is 0.158 e. The molecule has 0 atom stereocenters. The van der Waals surface area contributed by atoms with Gasteiger partial charge in [-0.1, -0.05) is 6.92 Å². The van der Waals surface area contributed by atoms with Crippen molar-refractivity contribution in [3.63, 3.8) is 0 Å². The van der Waals surface area contributed by atoms with E-state index < -0.39 is 0 Å². The van der Waals surface area contributed by atoms with Crippen LogP contribution in [0.15, 0.2) is 5.38 Å². The molecule has 0 fully saturated rings. The quantitative estimate of drug-likeness (QED) is 0.740. The van der Waals surface area contributed by atoms with Crippen LogP contribution in [0.4, 0.5) is 0 Å². The Morgan fingerprint density at radius 2 is 1.88 bits per heavy atom. The fraction of sp³-hybridized carbons (Fsp3) is 0.400. The zero-order chi connectivity index (χ0) is 12.1. The molecule has 2 heterocycles. The summed E-state index contributed by atoms with van der Waals surface area (Å²) < 4.78 is 1.75. The van der Waals surface area contributed by atoms with Gasteiger partial charge in [0.05, 0.1) is 0 Å². The zero-order valence-corrected chi connectivity index (χ0v) is 12.7. The summed E-state index contributed by atoms with van der Waals surface area (Å²) in [6.45, 7) is 6.20. The molecule has 2 aromatic rings. The molecule has 0 aliphatic heterocycles. The maximum atomic E-state index is 4.88. The van der Waals surface area contributed by atoms with Gasteiger partial charge in [0.2, 0.25) is 0 Å². The minimum Gasteiger partial charge on any atom is -0.341 e. The Hall–Kier alpha value is -0.300. The van der Waals surface area contributed by atoms with Crippen molar-refractivity contribution in [2.45, 2.75) is 27.2 Å². The van der Waals surface area contributed by atoms with Gasteiger partial charge in [0.25, 0.3) is 0 Å². The van der Waals surface area contributed by atoms with Crippen molar-refractivity contribution in [3.8, 4) is 0 Å². The molecule has 0 saturated carbocycles. The van der Waals surface area contributed by atoms with Crippen molar-refractivity contribution in [3.05, 3.63) is 29.6 Å². The molecule has 0 aromatic carbocycles. The van der Waals surface area contributed by atoms with Crippen molar-refractivity contribution < 1.29 is 0 Å². The van der Waals surface area contributed by atoms with Crippen molar-refractivity contribution >= 4 is 47.1 Å². The molecule has 2 aromatic heterocycles. The van der Waals surface area contributed by atoms with Gasteiger partial charge < -0.3 is 9.97 Å². The highest BCUT2D eigenvalue weighted by Crippen LogP contribution is 2.11. The second-order valence-electron chi connectivity index (χ2n) is 3.22. The van der Waals surface area contributed by atoms with Crippen LogP contribution >= 0.6 is 47.1 Å². The van der Waals surface area contributed by atoms with Gasteiger partial charge in [0, 0.05) is 21.6 Å². The molecule has 2 rings (SSSR count). The van der Waals surface area contributed by atoms with E-state index in [1.165, 1.54) is 16.3 Å². The monoisotopic (exact) mass is 290 g/mol. The average molecular weight is 291 g/mol. The summed E-state index contributed by atoms with van der Waals surface area (Å²) in [6.07, 6.45) is 1.05. The van der Waals surface area contributed by atoms with Gasteiger partial charge in [-0.25, -0.2) is 0 Å². The van der Waals surface area contributed by atoms with Gasteiger partial charge in [-0.15, -0.1) is 22.7 Å². The van der Waals surface area contributed by atoms with Crippen LogP contribution in [0.25, 0.3) is 0 Å². The molecule has 0 bridgehead atoms. The Bertz CT molecular complexity index is 521. The van der Waals surface area contributed by atoms with Crippen LogP contribution in [0.1, 0.15) is 23.2 Å². The number of nitrogens with one attached hydrogen (secondary N) is 2. The van der Waals surface area contributed by atoms with E-state index in [-0.39, 0.29) is 0 Å². The summed E-state index contributed by atoms with van der Waals surface area (Å²) in [6, 6.07) is 0. The van der Waals surface area contributed by atoms with Crippen LogP contribution in [-0.2, 0) is 6.42 Å². The van der Waals surface area contributed by atoms with E-state index in [4.69, 9.17) is 24.4 Å². The second kappa shape index (κ2) is 6.44. The molecule has 0 radical (unpaired) electrons.